The van der Waals surface area contributed by atoms with Crippen LogP contribution >= 0.6 is 8.25 Å². The summed E-state index contributed by atoms with van der Waals surface area (Å²) in [4.78, 5) is 25.6. The smallest absolute Gasteiger partial charge is 0.342 e. The van der Waals surface area contributed by atoms with Crippen molar-refractivity contribution in [3.8, 4) is 23.0 Å². The molecule has 0 atom stereocenters. The molecule has 0 fully saturated rings. The zero-order valence-electron chi connectivity index (χ0n) is 34.2. The minimum absolute atomic E-state index is 0.0977. The first kappa shape index (κ1) is 43.4. The van der Waals surface area contributed by atoms with Crippen molar-refractivity contribution in [2.45, 2.75) is 105 Å². The van der Waals surface area contributed by atoms with Crippen LogP contribution in [0.1, 0.15) is 67.9 Å². The normalized spacial score (nSPS) is 15.1. The molecule has 0 unspecified atom stereocenters. The van der Waals surface area contributed by atoms with Crippen molar-refractivity contribution in [1.82, 2.24) is 0 Å². The number of benzene rings is 2. The lowest BCUT2D eigenvalue weighted by atomic mass is 9.95. The highest BCUT2D eigenvalue weighted by Crippen LogP contribution is 2.44. The van der Waals surface area contributed by atoms with Crippen LogP contribution in [0.25, 0.3) is 0 Å². The Balaban J connectivity index is 1.42. The molecule has 2 aliphatic rings. The lowest BCUT2D eigenvalue weighted by molar-refractivity contribution is 0.0522. The van der Waals surface area contributed by atoms with E-state index in [9.17, 15) is 14.2 Å². The number of cyclic esters (lactones) is 2. The van der Waals surface area contributed by atoms with E-state index in [1.807, 2.05) is 39.8 Å². The second-order valence-corrected chi connectivity index (χ2v) is 28.8. The van der Waals surface area contributed by atoms with Crippen molar-refractivity contribution in [3.05, 3.63) is 67.8 Å². The maximum Gasteiger partial charge on any atom is 0.342 e. The number of methoxy groups -OCH3 is 2. The van der Waals surface area contributed by atoms with Crippen molar-refractivity contribution < 1.29 is 51.6 Å². The summed E-state index contributed by atoms with van der Waals surface area (Å²) in [5.74, 6) is 1.57. The topological polar surface area (TPSA) is 125 Å². The SMILES string of the molecule is COc1c(C)c2c(c(OCC[Si](C)(C)C)c1CC=C(C)CO[PH](=O)OCC(C)=CCc1c(OC)c(C)c3c(c1OCC[Si](C)(C)C)C(=O)OC3)C(=O)OC2. The van der Waals surface area contributed by atoms with E-state index in [0.717, 1.165) is 56.6 Å². The highest BCUT2D eigenvalue weighted by atomic mass is 31.1. The second kappa shape index (κ2) is 18.5. The number of ether oxygens (including phenoxy) is 6. The summed E-state index contributed by atoms with van der Waals surface area (Å²) in [6.45, 7) is 22.9. The van der Waals surface area contributed by atoms with Crippen LogP contribution in [0.3, 0.4) is 0 Å². The Morgan fingerprint density at radius 2 is 1.04 bits per heavy atom. The van der Waals surface area contributed by atoms with Gasteiger partial charge in [-0.05, 0) is 63.8 Å². The van der Waals surface area contributed by atoms with Gasteiger partial charge in [0.15, 0.2) is 0 Å². The third-order valence-corrected chi connectivity index (χ3v) is 13.8. The highest BCUT2D eigenvalue weighted by Gasteiger charge is 2.35. The number of carbonyl (C=O) groups excluding carboxylic acids is 2. The molecule has 2 aromatic rings. The standard InChI is InChI=1S/C40H59O11PSi2/c1-25(13-15-29-35(44-5)27(3)31-23-48-39(41)33(31)37(29)46-17-19-53(7,8)9)21-50-52(43)51-22-26(2)14-16-30-36(45-6)28(4)32-24-49-40(42)34(32)38(30)47-18-20-54(10,11)12/h13-14,52H,15-24H2,1-12H3. The Kier molecular flexibility index (Phi) is 14.9. The van der Waals surface area contributed by atoms with Crippen LogP contribution in [0, 0.1) is 13.8 Å². The molecule has 0 N–H and O–H groups in total. The zero-order chi connectivity index (χ0) is 40.0. The fourth-order valence-electron chi connectivity index (χ4n) is 6.31. The Morgan fingerprint density at radius 3 is 1.37 bits per heavy atom. The average molecular weight is 803 g/mol. The quantitative estimate of drug-likeness (QED) is 0.0551. The zero-order valence-corrected chi connectivity index (χ0v) is 37.2. The molecule has 14 heteroatoms. The van der Waals surface area contributed by atoms with Crippen molar-refractivity contribution in [3.63, 3.8) is 0 Å². The van der Waals surface area contributed by atoms with Crippen LogP contribution in [-0.4, -0.2) is 68.7 Å². The number of rotatable bonds is 20. The predicted octanol–water partition coefficient (Wildman–Crippen LogP) is 9.20. The summed E-state index contributed by atoms with van der Waals surface area (Å²) in [6, 6.07) is 1.87. The number of hydrogen-bond acceptors (Lipinski definition) is 11. The van der Waals surface area contributed by atoms with Gasteiger partial charge in [-0.1, -0.05) is 62.6 Å². The summed E-state index contributed by atoms with van der Waals surface area (Å²) >= 11 is 0. The van der Waals surface area contributed by atoms with Crippen molar-refractivity contribution in [2.75, 3.05) is 40.6 Å². The van der Waals surface area contributed by atoms with E-state index in [1.54, 1.807) is 14.2 Å². The molecule has 0 aromatic heterocycles. The molecule has 11 nitrogen and oxygen atoms in total. The van der Waals surface area contributed by atoms with Gasteiger partial charge in [0.05, 0.1) is 40.6 Å². The van der Waals surface area contributed by atoms with Gasteiger partial charge in [-0.3, -0.25) is 4.57 Å². The van der Waals surface area contributed by atoms with Gasteiger partial charge in [-0.15, -0.1) is 0 Å². The molecule has 0 saturated heterocycles. The molecule has 0 bridgehead atoms. The second-order valence-electron chi connectivity index (χ2n) is 16.4. The molecule has 0 spiro atoms. The summed E-state index contributed by atoms with van der Waals surface area (Å²) in [5.41, 5.74) is 7.45. The maximum absolute atomic E-state index is 12.8. The highest BCUT2D eigenvalue weighted by molar-refractivity contribution is 7.33. The number of allylic oxidation sites excluding steroid dienone is 2. The van der Waals surface area contributed by atoms with Gasteiger partial charge in [0, 0.05) is 38.4 Å². The molecule has 0 saturated carbocycles. The summed E-state index contributed by atoms with van der Waals surface area (Å²) in [6.07, 6.45) is 4.75. The lowest BCUT2D eigenvalue weighted by Crippen LogP contribution is -2.23. The molecule has 2 aromatic carbocycles. The van der Waals surface area contributed by atoms with Crippen LogP contribution in [-0.2, 0) is 49.1 Å². The molecule has 4 rings (SSSR count). The number of hydrogen-bond donors (Lipinski definition) is 0. The summed E-state index contributed by atoms with van der Waals surface area (Å²) in [7, 11) is -2.37. The van der Waals surface area contributed by atoms with E-state index in [2.05, 4.69) is 39.3 Å². The molecule has 54 heavy (non-hydrogen) atoms. The van der Waals surface area contributed by atoms with Crippen LogP contribution in [0.15, 0.2) is 23.3 Å². The van der Waals surface area contributed by atoms with E-state index in [-0.39, 0.29) is 38.4 Å². The third-order valence-electron chi connectivity index (χ3n) is 9.59. The van der Waals surface area contributed by atoms with E-state index >= 15 is 0 Å². The molecular weight excluding hydrogens is 744 g/mol. The summed E-state index contributed by atoms with van der Waals surface area (Å²) < 4.78 is 59.2. The van der Waals surface area contributed by atoms with Crippen molar-refractivity contribution in [1.29, 1.82) is 0 Å². The van der Waals surface area contributed by atoms with E-state index in [4.69, 9.17) is 37.5 Å². The number of carbonyl (C=O) groups is 2. The molecular formula is C40H59O11PSi2. The third kappa shape index (κ3) is 10.9. The Hall–Kier alpha value is -3.36. The maximum atomic E-state index is 12.8. The minimum atomic E-state index is -2.82. The first-order chi connectivity index (χ1) is 25.4. The predicted molar refractivity (Wildman–Crippen MR) is 217 cm³/mol. The van der Waals surface area contributed by atoms with Crippen LogP contribution in [0.5, 0.6) is 23.0 Å². The largest absolute Gasteiger partial charge is 0.496 e. The first-order valence-corrected chi connectivity index (χ1v) is 27.2. The van der Waals surface area contributed by atoms with Gasteiger partial charge in [-0.2, -0.15) is 0 Å². The number of esters is 2. The molecule has 2 aliphatic heterocycles. The summed E-state index contributed by atoms with van der Waals surface area (Å²) in [5, 5.41) is 0. The number of fused-ring (bicyclic) bond motifs is 2. The van der Waals surface area contributed by atoms with Gasteiger partial charge in [-0.25, -0.2) is 9.59 Å². The van der Waals surface area contributed by atoms with Crippen molar-refractivity contribution >= 4 is 36.3 Å². The molecule has 298 valence electrons. The van der Waals surface area contributed by atoms with Gasteiger partial charge < -0.3 is 37.5 Å². The van der Waals surface area contributed by atoms with Gasteiger partial charge in [0.25, 0.3) is 0 Å². The van der Waals surface area contributed by atoms with Crippen LogP contribution < -0.4 is 18.9 Å². The Bertz CT molecular complexity index is 1690. The van der Waals surface area contributed by atoms with Gasteiger partial charge >= 0.3 is 20.2 Å². The molecule has 0 radical (unpaired) electrons. The van der Waals surface area contributed by atoms with Crippen LogP contribution in [0.4, 0.5) is 0 Å². The lowest BCUT2D eigenvalue weighted by Gasteiger charge is -2.21. The molecule has 0 aliphatic carbocycles. The Morgan fingerprint density at radius 1 is 0.667 bits per heavy atom. The van der Waals surface area contributed by atoms with Gasteiger partial charge in [0.2, 0.25) is 0 Å². The van der Waals surface area contributed by atoms with E-state index < -0.39 is 24.4 Å². The average Bonchev–Trinajstić information content (AvgIpc) is 3.68. The first-order valence-electron chi connectivity index (χ1n) is 18.5. The van der Waals surface area contributed by atoms with E-state index in [0.29, 0.717) is 60.2 Å². The van der Waals surface area contributed by atoms with E-state index in [1.165, 1.54) is 0 Å². The minimum Gasteiger partial charge on any atom is -0.496 e. The Labute approximate surface area is 323 Å². The van der Waals surface area contributed by atoms with Gasteiger partial charge in [0.1, 0.15) is 47.3 Å². The molecule has 2 heterocycles. The fourth-order valence-corrected chi connectivity index (χ4v) is 8.52. The van der Waals surface area contributed by atoms with Crippen molar-refractivity contribution in [2.24, 2.45) is 0 Å². The monoisotopic (exact) mass is 802 g/mol. The van der Waals surface area contributed by atoms with Crippen LogP contribution in [0.2, 0.25) is 51.4 Å². The fraction of sp³-hybridized carbons (Fsp3) is 0.550. The molecule has 0 amide bonds.